The van der Waals surface area contributed by atoms with Gasteiger partial charge in [0.25, 0.3) is 0 Å². The molecule has 0 aromatic carbocycles. The molecular formula is C27H62ClNO4Si. The Bertz CT molecular complexity index is 355. The van der Waals surface area contributed by atoms with Crippen LogP contribution in [-0.2, 0) is 17.7 Å². The van der Waals surface area contributed by atoms with E-state index in [4.69, 9.17) is 17.7 Å². The minimum Gasteiger partial charge on any atom is -1.00 e. The topological polar surface area (TPSA) is 36.9 Å². The van der Waals surface area contributed by atoms with E-state index in [0.29, 0.717) is 26.4 Å². The second-order valence-corrected chi connectivity index (χ2v) is 12.0. The molecule has 0 spiro atoms. The van der Waals surface area contributed by atoms with Crippen LogP contribution in [0.5, 0.6) is 0 Å². The lowest BCUT2D eigenvalue weighted by Crippen LogP contribution is -3.00. The lowest BCUT2D eigenvalue weighted by Gasteiger charge is -2.26. The van der Waals surface area contributed by atoms with Gasteiger partial charge in [-0.15, -0.1) is 0 Å². The summed E-state index contributed by atoms with van der Waals surface area (Å²) in [6.45, 7) is 13.4. The van der Waals surface area contributed by atoms with Gasteiger partial charge < -0.3 is 34.6 Å². The van der Waals surface area contributed by atoms with Crippen LogP contribution in [0.15, 0.2) is 0 Å². The Balaban J connectivity index is -0.000000598. The molecule has 0 heterocycles. The van der Waals surface area contributed by atoms with E-state index in [-0.39, 0.29) is 12.4 Å². The number of nitrogens with zero attached hydrogens (tertiary/aromatic N) is 1. The number of halogens is 1. The van der Waals surface area contributed by atoms with E-state index >= 15 is 0 Å². The third-order valence-corrected chi connectivity index (χ3v) is 8.04. The van der Waals surface area contributed by atoms with Gasteiger partial charge >= 0.3 is 9.05 Å². The van der Waals surface area contributed by atoms with E-state index < -0.39 is 9.05 Å². The normalized spacial score (nSPS) is 11.6. The molecule has 7 heteroatoms. The molecule has 210 valence electrons. The quantitative estimate of drug-likeness (QED) is 0.109. The van der Waals surface area contributed by atoms with Crippen molar-refractivity contribution in [1.29, 1.82) is 0 Å². The average Bonchev–Trinajstić information content (AvgIpc) is 2.74. The first-order chi connectivity index (χ1) is 15.8. The zero-order valence-electron chi connectivity index (χ0n) is 24.4. The Hall–Kier alpha value is 0.307. The second-order valence-electron chi connectivity index (χ2n) is 9.84. The fourth-order valence-electron chi connectivity index (χ4n) is 3.74. The van der Waals surface area contributed by atoms with Gasteiger partial charge in [-0.1, -0.05) is 84.0 Å². The Morgan fingerprint density at radius 2 is 0.706 bits per heavy atom. The summed E-state index contributed by atoms with van der Waals surface area (Å²) < 4.78 is 22.8. The van der Waals surface area contributed by atoms with Crippen LogP contribution in [0.4, 0.5) is 0 Å². The van der Waals surface area contributed by atoms with Crippen molar-refractivity contribution in [2.24, 2.45) is 0 Å². The van der Waals surface area contributed by atoms with Crippen molar-refractivity contribution in [3.05, 3.63) is 0 Å². The van der Waals surface area contributed by atoms with Crippen LogP contribution in [-0.4, -0.2) is 67.6 Å². The summed E-state index contributed by atoms with van der Waals surface area (Å²) in [6.07, 6.45) is 20.4. The predicted molar refractivity (Wildman–Crippen MR) is 145 cm³/mol. The molecule has 0 saturated heterocycles. The van der Waals surface area contributed by atoms with E-state index in [1.54, 1.807) is 0 Å². The van der Waals surface area contributed by atoms with Gasteiger partial charge in [-0.2, -0.15) is 0 Å². The van der Waals surface area contributed by atoms with Crippen molar-refractivity contribution < 1.29 is 34.6 Å². The van der Waals surface area contributed by atoms with Crippen LogP contribution in [0, 0.1) is 0 Å². The molecule has 5 nitrogen and oxygen atoms in total. The van der Waals surface area contributed by atoms with Crippen molar-refractivity contribution in [3.63, 3.8) is 0 Å². The summed E-state index contributed by atoms with van der Waals surface area (Å²) in [5.41, 5.74) is 0. The van der Waals surface area contributed by atoms with E-state index in [2.05, 4.69) is 28.1 Å². The smallest absolute Gasteiger partial charge is 0.679 e. The van der Waals surface area contributed by atoms with Crippen molar-refractivity contribution in [3.8, 4) is 0 Å². The van der Waals surface area contributed by atoms with Gasteiger partial charge in [0.1, 0.15) is 0 Å². The highest BCUT2D eigenvalue weighted by atomic mass is 35.5. The first-order valence-corrected chi connectivity index (χ1v) is 15.8. The first kappa shape index (κ1) is 38.8. The van der Waals surface area contributed by atoms with Gasteiger partial charge in [0, 0.05) is 26.4 Å². The molecule has 0 aromatic rings. The van der Waals surface area contributed by atoms with Gasteiger partial charge in [-0.3, -0.25) is 0 Å². The first-order valence-electron chi connectivity index (χ1n) is 14.2. The summed E-state index contributed by atoms with van der Waals surface area (Å²) in [7, 11) is 4.09. The third kappa shape index (κ3) is 28.5. The van der Waals surface area contributed by atoms with E-state index in [9.17, 15) is 0 Å². The van der Waals surface area contributed by atoms with Crippen molar-refractivity contribution in [2.45, 2.75) is 125 Å². The summed E-state index contributed by atoms with van der Waals surface area (Å²) in [5, 5.41) is 0. The Kier molecular flexibility index (Phi) is 31.8. The predicted octanol–water partition coefficient (Wildman–Crippen LogP) is 4.75. The molecule has 0 radical (unpaired) electrons. The lowest BCUT2D eigenvalue weighted by atomic mass is 10.0. The number of unbranched alkanes of at least 4 members (excludes halogenated alkanes) is 13. The Morgan fingerprint density at radius 3 is 0.941 bits per heavy atom. The zero-order chi connectivity index (χ0) is 25.3. The molecule has 0 fully saturated rings. The number of rotatable bonds is 23. The highest BCUT2D eigenvalue weighted by Gasteiger charge is 2.44. The molecule has 0 atom stereocenters. The number of hydrogen-bond acceptors (Lipinski definition) is 4. The molecular weight excluding hydrogens is 466 g/mol. The molecule has 0 amide bonds. The lowest BCUT2D eigenvalue weighted by molar-refractivity contribution is -0.870. The molecule has 0 saturated carbocycles. The van der Waals surface area contributed by atoms with Crippen LogP contribution in [0.1, 0.15) is 125 Å². The second kappa shape index (κ2) is 27.9. The number of quaternary nitrogens is 1. The molecule has 0 unspecified atom stereocenters. The highest BCUT2D eigenvalue weighted by molar-refractivity contribution is 6.53. The van der Waals surface area contributed by atoms with Crippen molar-refractivity contribution >= 4 is 9.05 Å². The van der Waals surface area contributed by atoms with Gasteiger partial charge in [0.05, 0.1) is 27.7 Å². The fraction of sp³-hybridized carbons (Fsp3) is 1.00. The largest absolute Gasteiger partial charge is 1.00 e. The average molecular weight is 528 g/mol. The summed E-state index contributed by atoms with van der Waals surface area (Å²) in [6, 6.07) is 0. The van der Waals surface area contributed by atoms with Crippen LogP contribution in [0.25, 0.3) is 0 Å². The molecule has 34 heavy (non-hydrogen) atoms. The summed E-state index contributed by atoms with van der Waals surface area (Å²) in [4.78, 5) is 0. The Labute approximate surface area is 222 Å². The standard InChI is InChI=1S/C19H42N.C8H20O4Si.ClH/c1-5-6-7-8-9-10-11-12-13-14-15-16-17-18-19-20(2,3)4;1-5-9-13(10-6-2,11-7-3)12-8-4;/h5-19H2,1-4H3;5-8H2,1-4H3;1H/q+1;;/p-1. The molecule has 0 aromatic heterocycles. The van der Waals surface area contributed by atoms with E-state index in [1.165, 1.54) is 96.4 Å². The minimum absolute atomic E-state index is 0. The third-order valence-electron chi connectivity index (χ3n) is 5.47. The van der Waals surface area contributed by atoms with Crippen molar-refractivity contribution in [2.75, 3.05) is 54.1 Å². The van der Waals surface area contributed by atoms with Gasteiger partial charge in [-0.25, -0.2) is 0 Å². The molecule has 0 aliphatic heterocycles. The fourth-order valence-corrected chi connectivity index (χ4v) is 5.65. The van der Waals surface area contributed by atoms with E-state index in [1.807, 2.05) is 27.7 Å². The molecule has 0 N–H and O–H groups in total. The monoisotopic (exact) mass is 527 g/mol. The van der Waals surface area contributed by atoms with E-state index in [0.717, 1.165) is 4.48 Å². The zero-order valence-corrected chi connectivity index (χ0v) is 26.1. The van der Waals surface area contributed by atoms with Crippen LogP contribution >= 0.6 is 0 Å². The maximum absolute atomic E-state index is 5.42. The maximum Gasteiger partial charge on any atom is 0.679 e. The number of hydrogen-bond donors (Lipinski definition) is 0. The van der Waals surface area contributed by atoms with Gasteiger partial charge in [-0.05, 0) is 40.5 Å². The Morgan fingerprint density at radius 1 is 0.441 bits per heavy atom. The van der Waals surface area contributed by atoms with Crippen LogP contribution in [0.2, 0.25) is 0 Å². The molecule has 0 rings (SSSR count). The van der Waals surface area contributed by atoms with Crippen molar-refractivity contribution in [1.82, 2.24) is 0 Å². The maximum atomic E-state index is 5.42. The van der Waals surface area contributed by atoms with Crippen LogP contribution < -0.4 is 12.4 Å². The minimum atomic E-state index is -2.80. The van der Waals surface area contributed by atoms with Gasteiger partial charge in [0.2, 0.25) is 0 Å². The summed E-state index contributed by atoms with van der Waals surface area (Å²) in [5.74, 6) is 0. The molecule has 0 aliphatic rings. The molecule has 0 bridgehead atoms. The van der Waals surface area contributed by atoms with Gasteiger partial charge in [0.15, 0.2) is 0 Å². The van der Waals surface area contributed by atoms with Crippen LogP contribution in [0.3, 0.4) is 0 Å². The summed E-state index contributed by atoms with van der Waals surface area (Å²) >= 11 is 0. The highest BCUT2D eigenvalue weighted by Crippen LogP contribution is 2.13. The molecule has 0 aliphatic carbocycles. The SMILES string of the molecule is CCCCCCCCCCCCCCCC[N+](C)(C)C.CCO[Si](OCC)(OCC)OCC.[Cl-].